The van der Waals surface area contributed by atoms with Crippen LogP contribution in [0.15, 0.2) is 36.7 Å². The average Bonchev–Trinajstić information content (AvgIpc) is 3.22. The summed E-state index contributed by atoms with van der Waals surface area (Å²) in [6.45, 7) is -0.188. The first kappa shape index (κ1) is 19.6. The van der Waals surface area contributed by atoms with Crippen molar-refractivity contribution in [2.24, 2.45) is 0 Å². The van der Waals surface area contributed by atoms with Gasteiger partial charge in [0.1, 0.15) is 19.0 Å². The summed E-state index contributed by atoms with van der Waals surface area (Å²) in [5.41, 5.74) is 1.12. The molecule has 1 atom stereocenters. The van der Waals surface area contributed by atoms with Gasteiger partial charge in [0.15, 0.2) is 23.9 Å². The second-order valence-corrected chi connectivity index (χ2v) is 6.11. The van der Waals surface area contributed by atoms with E-state index in [-0.39, 0.29) is 45.6 Å². The SMILES string of the molecule is O=C1OCC(c2ccc(O)c(F)c2F)N1c1ccc2c(c1)ncn2SF.[Pt]. The molecule has 0 radical (unpaired) electrons. The predicted octanol–water partition coefficient (Wildman–Crippen LogP) is 4.10. The van der Waals surface area contributed by atoms with Crippen molar-refractivity contribution in [3.05, 3.63) is 53.9 Å². The average molecular weight is 576 g/mol. The molecule has 27 heavy (non-hydrogen) atoms. The van der Waals surface area contributed by atoms with Crippen LogP contribution in [0.2, 0.25) is 0 Å². The van der Waals surface area contributed by atoms with Gasteiger partial charge < -0.3 is 9.84 Å². The summed E-state index contributed by atoms with van der Waals surface area (Å²) in [5.74, 6) is -3.47. The van der Waals surface area contributed by atoms with Crippen molar-refractivity contribution in [3.8, 4) is 5.75 Å². The fourth-order valence-corrected chi connectivity index (χ4v) is 3.24. The third-order valence-corrected chi connectivity index (χ3v) is 4.61. The zero-order valence-electron chi connectivity index (χ0n) is 13.2. The van der Waals surface area contributed by atoms with Gasteiger partial charge in [-0.3, -0.25) is 4.90 Å². The van der Waals surface area contributed by atoms with Crippen LogP contribution in [0.25, 0.3) is 11.0 Å². The molecule has 1 saturated heterocycles. The van der Waals surface area contributed by atoms with Gasteiger partial charge in [0.05, 0.1) is 16.7 Å². The fraction of sp³-hybridized carbons (Fsp3) is 0.125. The first-order chi connectivity index (χ1) is 12.5. The Balaban J connectivity index is 0.00000210. The van der Waals surface area contributed by atoms with Crippen LogP contribution in [0, 0.1) is 11.6 Å². The maximum atomic E-state index is 14.2. The van der Waals surface area contributed by atoms with Gasteiger partial charge in [-0.2, -0.15) is 4.39 Å². The molecule has 3 aromatic rings. The number of benzene rings is 2. The number of amides is 1. The summed E-state index contributed by atoms with van der Waals surface area (Å²) in [6.07, 6.45) is 0.551. The van der Waals surface area contributed by atoms with Crippen LogP contribution in [-0.4, -0.2) is 26.8 Å². The standard InChI is InChI=1S/C16H10F3N3O3S.Pt/c17-14-9(2-4-13(23)15(14)18)12-6-25-16(24)22(12)8-1-3-11-10(5-8)20-7-21(11)26-19;/h1-5,7,12,23H,6H2;. The van der Waals surface area contributed by atoms with E-state index >= 15 is 0 Å². The van der Waals surface area contributed by atoms with E-state index in [0.717, 1.165) is 11.0 Å². The van der Waals surface area contributed by atoms with Gasteiger partial charge in [-0.1, -0.05) is 0 Å². The van der Waals surface area contributed by atoms with Crippen molar-refractivity contribution in [2.75, 3.05) is 11.5 Å². The molecule has 1 amide bonds. The molecule has 1 aliphatic heterocycles. The minimum absolute atomic E-state index is 0. The Labute approximate surface area is 169 Å². The van der Waals surface area contributed by atoms with E-state index in [1.807, 2.05) is 0 Å². The molecule has 1 N–H and O–H groups in total. The fourth-order valence-electron chi connectivity index (χ4n) is 2.93. The number of phenols is 1. The smallest absolute Gasteiger partial charge is 0.415 e. The Hall–Kier alpha value is -2.19. The number of carbonyl (C=O) groups is 1. The maximum absolute atomic E-state index is 14.2. The maximum Gasteiger partial charge on any atom is 0.415 e. The minimum atomic E-state index is -1.39. The summed E-state index contributed by atoms with van der Waals surface area (Å²) in [5, 5.41) is 9.28. The zero-order valence-corrected chi connectivity index (χ0v) is 16.3. The van der Waals surface area contributed by atoms with Crippen molar-refractivity contribution in [1.82, 2.24) is 8.96 Å². The van der Waals surface area contributed by atoms with Gasteiger partial charge in [-0.15, -0.1) is 3.89 Å². The van der Waals surface area contributed by atoms with E-state index in [0.29, 0.717) is 16.7 Å². The Morgan fingerprint density at radius 3 is 2.74 bits per heavy atom. The normalized spacial score (nSPS) is 16.5. The topological polar surface area (TPSA) is 67.6 Å². The van der Waals surface area contributed by atoms with Crippen LogP contribution in [0.1, 0.15) is 11.6 Å². The number of imidazole rings is 1. The molecule has 1 fully saturated rings. The molecule has 11 heteroatoms. The first-order valence-electron chi connectivity index (χ1n) is 7.40. The molecule has 0 bridgehead atoms. The van der Waals surface area contributed by atoms with E-state index in [4.69, 9.17) is 4.74 Å². The van der Waals surface area contributed by atoms with Gasteiger partial charge >= 0.3 is 6.09 Å². The van der Waals surface area contributed by atoms with Crippen LogP contribution >= 0.6 is 12.3 Å². The Bertz CT molecular complexity index is 1030. The van der Waals surface area contributed by atoms with Gasteiger partial charge in [-0.25, -0.2) is 18.1 Å². The number of aromatic nitrogens is 2. The summed E-state index contributed by atoms with van der Waals surface area (Å²) in [7, 11) is 0. The van der Waals surface area contributed by atoms with Crippen molar-refractivity contribution in [1.29, 1.82) is 0 Å². The molecule has 4 rings (SSSR count). The molecule has 0 spiro atoms. The summed E-state index contributed by atoms with van der Waals surface area (Å²) < 4.78 is 47.0. The van der Waals surface area contributed by atoms with Crippen molar-refractivity contribution < 1.29 is 48.4 Å². The van der Waals surface area contributed by atoms with Crippen LogP contribution in [-0.2, 0) is 25.8 Å². The number of cyclic esters (lactones) is 1. The van der Waals surface area contributed by atoms with Crippen molar-refractivity contribution >= 4 is 35.1 Å². The molecule has 1 aliphatic rings. The van der Waals surface area contributed by atoms with Gasteiger partial charge in [0.25, 0.3) is 0 Å². The van der Waals surface area contributed by atoms with E-state index in [1.54, 1.807) is 6.07 Å². The van der Waals surface area contributed by atoms with Crippen LogP contribution in [0.5, 0.6) is 5.75 Å². The number of rotatable bonds is 3. The number of hydrogen-bond donors (Lipinski definition) is 1. The number of carbonyl (C=O) groups excluding carboxylic acids is 1. The zero-order chi connectivity index (χ0) is 18.4. The van der Waals surface area contributed by atoms with Gasteiger partial charge in [0, 0.05) is 26.6 Å². The number of anilines is 1. The second-order valence-electron chi connectivity index (χ2n) is 5.58. The summed E-state index contributed by atoms with van der Waals surface area (Å²) in [4.78, 5) is 17.4. The number of hydrogen-bond acceptors (Lipinski definition) is 5. The number of halogens is 3. The molecule has 6 nitrogen and oxygen atoms in total. The number of fused-ring (bicyclic) bond motifs is 1. The van der Waals surface area contributed by atoms with E-state index < -0.39 is 29.5 Å². The number of ether oxygens (including phenoxy) is 1. The molecule has 2 aromatic carbocycles. The Morgan fingerprint density at radius 1 is 1.22 bits per heavy atom. The summed E-state index contributed by atoms with van der Waals surface area (Å²) >= 11 is -0.0201. The third kappa shape index (κ3) is 3.17. The second kappa shape index (κ2) is 7.44. The molecule has 0 saturated carbocycles. The number of phenolic OH excluding ortho intramolecular Hbond substituents is 1. The van der Waals surface area contributed by atoms with Gasteiger partial charge in [0.2, 0.25) is 5.82 Å². The van der Waals surface area contributed by atoms with Crippen LogP contribution in [0.3, 0.4) is 0 Å². The molecule has 2 heterocycles. The molecule has 1 unspecified atom stereocenters. The largest absolute Gasteiger partial charge is 0.505 e. The minimum Gasteiger partial charge on any atom is -0.505 e. The molecular weight excluding hydrogens is 566 g/mol. The Morgan fingerprint density at radius 2 is 2.00 bits per heavy atom. The van der Waals surface area contributed by atoms with E-state index in [1.165, 1.54) is 28.5 Å². The molecular formula is C16H10F3N3O3PtS. The quantitative estimate of drug-likeness (QED) is 0.509. The number of nitrogens with zero attached hydrogens (tertiary/aromatic N) is 3. The first-order valence-corrected chi connectivity index (χ1v) is 8.07. The number of aromatic hydroxyl groups is 1. The predicted molar refractivity (Wildman–Crippen MR) is 88.4 cm³/mol. The third-order valence-electron chi connectivity index (χ3n) is 4.17. The van der Waals surface area contributed by atoms with Crippen molar-refractivity contribution in [3.63, 3.8) is 0 Å². The van der Waals surface area contributed by atoms with Gasteiger partial charge in [-0.05, 0) is 30.3 Å². The molecule has 1 aromatic heterocycles. The van der Waals surface area contributed by atoms with Crippen molar-refractivity contribution in [2.45, 2.75) is 6.04 Å². The van der Waals surface area contributed by atoms with Crippen LogP contribution < -0.4 is 4.90 Å². The molecule has 0 aliphatic carbocycles. The molecule has 144 valence electrons. The van der Waals surface area contributed by atoms with E-state index in [9.17, 15) is 22.6 Å². The van der Waals surface area contributed by atoms with E-state index in [2.05, 4.69) is 4.98 Å². The monoisotopic (exact) mass is 576 g/mol. The van der Waals surface area contributed by atoms with Crippen LogP contribution in [0.4, 0.5) is 23.1 Å². The summed E-state index contributed by atoms with van der Waals surface area (Å²) in [6, 6.07) is 5.90. The Kier molecular flexibility index (Phi) is 5.39.